The highest BCUT2D eigenvalue weighted by Crippen LogP contribution is 2.30. The van der Waals surface area contributed by atoms with E-state index in [0.717, 1.165) is 36.8 Å². The van der Waals surface area contributed by atoms with Crippen molar-refractivity contribution in [2.24, 2.45) is 5.92 Å². The molecule has 3 saturated heterocycles. The molecule has 0 radical (unpaired) electrons. The Kier molecular flexibility index (Phi) is 5.27. The quantitative estimate of drug-likeness (QED) is 0.775. The number of carbonyl (C=O) groups is 1. The maximum absolute atomic E-state index is 13.2. The lowest BCUT2D eigenvalue weighted by Gasteiger charge is -2.36. The summed E-state index contributed by atoms with van der Waals surface area (Å²) in [5.41, 5.74) is 2.10. The van der Waals surface area contributed by atoms with Gasteiger partial charge >= 0.3 is 0 Å². The third-order valence-corrected chi connectivity index (χ3v) is 6.25. The van der Waals surface area contributed by atoms with Crippen LogP contribution in [0.15, 0.2) is 53.7 Å². The zero-order valence-corrected chi connectivity index (χ0v) is 16.0. The molecule has 3 fully saturated rings. The molecule has 0 spiro atoms. The van der Waals surface area contributed by atoms with Gasteiger partial charge in [0.2, 0.25) is 0 Å². The summed E-state index contributed by atoms with van der Waals surface area (Å²) in [4.78, 5) is 22.2. The molecule has 1 aromatic carbocycles. The predicted molar refractivity (Wildman–Crippen MR) is 105 cm³/mol. The van der Waals surface area contributed by atoms with Gasteiger partial charge < -0.3 is 4.90 Å². The van der Waals surface area contributed by atoms with Crippen molar-refractivity contribution in [2.45, 2.75) is 30.5 Å². The van der Waals surface area contributed by atoms with Crippen molar-refractivity contribution in [3.05, 3.63) is 59.8 Å². The summed E-state index contributed by atoms with van der Waals surface area (Å²) in [6.45, 7) is 3.76. The van der Waals surface area contributed by atoms with Crippen molar-refractivity contribution >= 4 is 17.7 Å². The summed E-state index contributed by atoms with van der Waals surface area (Å²) in [6.07, 6.45) is 6.15. The molecule has 0 N–H and O–H groups in total. The van der Waals surface area contributed by atoms with Crippen LogP contribution in [-0.2, 0) is 6.54 Å². The SMILES string of the molecule is CSc1ncccc1C(=O)N1C[C@H]2CC[C@@H](C1)N(Cc1ccccc1)C2. The fraction of sp³-hybridized carbons (Fsp3) is 0.429. The van der Waals surface area contributed by atoms with Gasteiger partial charge in [-0.2, -0.15) is 0 Å². The second kappa shape index (κ2) is 7.80. The number of piperidine rings is 1. The molecule has 136 valence electrons. The van der Waals surface area contributed by atoms with E-state index in [0.29, 0.717) is 12.0 Å². The van der Waals surface area contributed by atoms with Crippen LogP contribution in [0.3, 0.4) is 0 Å². The van der Waals surface area contributed by atoms with Gasteiger partial charge in [0.1, 0.15) is 5.03 Å². The highest BCUT2D eigenvalue weighted by molar-refractivity contribution is 7.98. The van der Waals surface area contributed by atoms with Crippen LogP contribution in [0.5, 0.6) is 0 Å². The second-order valence-electron chi connectivity index (χ2n) is 7.28. The number of pyridine rings is 1. The highest BCUT2D eigenvalue weighted by atomic mass is 32.2. The number of rotatable bonds is 4. The van der Waals surface area contributed by atoms with Crippen molar-refractivity contribution in [3.8, 4) is 0 Å². The van der Waals surface area contributed by atoms with E-state index in [1.807, 2.05) is 18.4 Å². The maximum Gasteiger partial charge on any atom is 0.256 e. The van der Waals surface area contributed by atoms with E-state index in [1.54, 1.807) is 18.0 Å². The molecule has 1 amide bonds. The lowest BCUT2D eigenvalue weighted by molar-refractivity contribution is 0.0731. The molecule has 1 aromatic heterocycles. The Morgan fingerprint density at radius 3 is 2.77 bits per heavy atom. The molecule has 0 aliphatic carbocycles. The van der Waals surface area contributed by atoms with Gasteiger partial charge in [0, 0.05) is 38.4 Å². The van der Waals surface area contributed by atoms with Crippen molar-refractivity contribution in [1.82, 2.24) is 14.8 Å². The van der Waals surface area contributed by atoms with Crippen molar-refractivity contribution in [3.63, 3.8) is 0 Å². The zero-order chi connectivity index (χ0) is 17.9. The summed E-state index contributed by atoms with van der Waals surface area (Å²) >= 11 is 1.54. The predicted octanol–water partition coefficient (Wildman–Crippen LogP) is 3.54. The van der Waals surface area contributed by atoms with Crippen LogP contribution in [-0.4, -0.2) is 52.6 Å². The summed E-state index contributed by atoms with van der Waals surface area (Å²) in [7, 11) is 0. The number of fused-ring (bicyclic) bond motifs is 4. The van der Waals surface area contributed by atoms with Crippen LogP contribution >= 0.6 is 11.8 Å². The smallest absolute Gasteiger partial charge is 0.256 e. The molecule has 2 atom stereocenters. The molecule has 3 aliphatic heterocycles. The highest BCUT2D eigenvalue weighted by Gasteiger charge is 2.37. The number of carbonyl (C=O) groups excluding carboxylic acids is 1. The van der Waals surface area contributed by atoms with Crippen LogP contribution in [0.25, 0.3) is 0 Å². The maximum atomic E-state index is 13.2. The van der Waals surface area contributed by atoms with Gasteiger partial charge in [-0.1, -0.05) is 30.3 Å². The van der Waals surface area contributed by atoms with Gasteiger partial charge in [-0.25, -0.2) is 4.98 Å². The second-order valence-corrected chi connectivity index (χ2v) is 8.08. The standard InChI is InChI=1S/C21H25N3OS/c1-26-20-19(8-5-11-22-20)21(25)24-14-17-9-10-18(15-24)23(13-17)12-16-6-3-2-4-7-16/h2-8,11,17-18H,9-10,12-15H2,1H3/t17-,18-/m0/s1. The molecule has 5 heteroatoms. The first-order chi connectivity index (χ1) is 12.7. The summed E-state index contributed by atoms with van der Waals surface area (Å²) in [6, 6.07) is 14.9. The first-order valence-corrected chi connectivity index (χ1v) is 10.5. The summed E-state index contributed by atoms with van der Waals surface area (Å²) in [5.74, 6) is 0.705. The van der Waals surface area contributed by atoms with E-state index in [1.165, 1.54) is 18.4 Å². The Labute approximate surface area is 159 Å². The summed E-state index contributed by atoms with van der Waals surface area (Å²) < 4.78 is 0. The number of thioether (sulfide) groups is 1. The Bertz CT molecular complexity index is 767. The lowest BCUT2D eigenvalue weighted by Crippen LogP contribution is -2.44. The van der Waals surface area contributed by atoms with E-state index >= 15 is 0 Å². The van der Waals surface area contributed by atoms with Gasteiger partial charge in [0.05, 0.1) is 5.56 Å². The number of benzene rings is 1. The normalized spacial score (nSPS) is 23.0. The number of hydrogen-bond donors (Lipinski definition) is 0. The molecule has 2 bridgehead atoms. The average molecular weight is 368 g/mol. The number of amides is 1. The first kappa shape index (κ1) is 17.6. The number of aromatic nitrogens is 1. The molecular formula is C21H25N3OS. The summed E-state index contributed by atoms with van der Waals surface area (Å²) in [5, 5.41) is 0.829. The van der Waals surface area contributed by atoms with E-state index < -0.39 is 0 Å². The third-order valence-electron chi connectivity index (χ3n) is 5.54. The largest absolute Gasteiger partial charge is 0.337 e. The fourth-order valence-electron chi connectivity index (χ4n) is 4.24. The van der Waals surface area contributed by atoms with Gasteiger partial charge in [-0.05, 0) is 42.7 Å². The van der Waals surface area contributed by atoms with Crippen LogP contribution in [0.1, 0.15) is 28.8 Å². The van der Waals surface area contributed by atoms with Crippen molar-refractivity contribution < 1.29 is 4.79 Å². The molecule has 0 saturated carbocycles. The van der Waals surface area contributed by atoms with E-state index in [4.69, 9.17) is 0 Å². The first-order valence-electron chi connectivity index (χ1n) is 9.31. The number of hydrogen-bond acceptors (Lipinski definition) is 4. The Hall–Kier alpha value is -1.85. The fourth-order valence-corrected chi connectivity index (χ4v) is 4.78. The number of nitrogens with zero attached hydrogens (tertiary/aromatic N) is 3. The average Bonchev–Trinajstić information content (AvgIpc) is 3.00. The van der Waals surface area contributed by atoms with Crippen LogP contribution in [0, 0.1) is 5.92 Å². The molecule has 0 unspecified atom stereocenters. The topological polar surface area (TPSA) is 36.4 Å². The molecule has 4 heterocycles. The molecule has 26 heavy (non-hydrogen) atoms. The van der Waals surface area contributed by atoms with E-state index in [-0.39, 0.29) is 5.91 Å². The van der Waals surface area contributed by atoms with Crippen LogP contribution in [0.2, 0.25) is 0 Å². The monoisotopic (exact) mass is 367 g/mol. The van der Waals surface area contributed by atoms with Gasteiger partial charge in [-0.15, -0.1) is 11.8 Å². The zero-order valence-electron chi connectivity index (χ0n) is 15.2. The Morgan fingerprint density at radius 1 is 1.12 bits per heavy atom. The molecule has 2 aromatic rings. The van der Waals surface area contributed by atoms with Gasteiger partial charge in [0.25, 0.3) is 5.91 Å². The van der Waals surface area contributed by atoms with Gasteiger partial charge in [-0.3, -0.25) is 9.69 Å². The molecule has 4 nitrogen and oxygen atoms in total. The minimum Gasteiger partial charge on any atom is -0.337 e. The van der Waals surface area contributed by atoms with Crippen molar-refractivity contribution in [1.29, 1.82) is 0 Å². The van der Waals surface area contributed by atoms with Crippen LogP contribution < -0.4 is 0 Å². The minimum atomic E-state index is 0.140. The van der Waals surface area contributed by atoms with Gasteiger partial charge in [0.15, 0.2) is 0 Å². The molecular weight excluding hydrogens is 342 g/mol. The Morgan fingerprint density at radius 2 is 1.96 bits per heavy atom. The van der Waals surface area contributed by atoms with Crippen molar-refractivity contribution in [2.75, 3.05) is 25.9 Å². The third kappa shape index (κ3) is 3.64. The minimum absolute atomic E-state index is 0.140. The van der Waals surface area contributed by atoms with E-state index in [9.17, 15) is 4.79 Å². The Balaban J connectivity index is 1.52. The van der Waals surface area contributed by atoms with E-state index in [2.05, 4.69) is 45.1 Å². The molecule has 3 aliphatic rings. The lowest BCUT2D eigenvalue weighted by atomic mass is 9.94. The van der Waals surface area contributed by atoms with Crippen LogP contribution in [0.4, 0.5) is 0 Å². The molecule has 5 rings (SSSR count).